The zero-order valence-corrected chi connectivity index (χ0v) is 13.5. The third-order valence-electron chi connectivity index (χ3n) is 1.16. The van der Waals surface area contributed by atoms with Gasteiger partial charge in [-0.3, -0.25) is 0 Å². The topological polar surface area (TPSA) is 9.23 Å². The molecule has 0 N–H and O–H groups in total. The Morgan fingerprint density at radius 1 is 0.667 bits per heavy atom. The summed E-state index contributed by atoms with van der Waals surface area (Å²) in [7, 11) is -18.0. The summed E-state index contributed by atoms with van der Waals surface area (Å²) in [5.41, 5.74) is 0. The van der Waals surface area contributed by atoms with Crippen molar-refractivity contribution in [3.05, 3.63) is 0 Å². The van der Waals surface area contributed by atoms with Gasteiger partial charge in [-0.05, 0) is 0 Å². The van der Waals surface area contributed by atoms with Gasteiger partial charge in [-0.25, -0.2) is 0 Å². The van der Waals surface area contributed by atoms with Gasteiger partial charge in [0.2, 0.25) is 0 Å². The van der Waals surface area contributed by atoms with E-state index in [1.807, 2.05) is 0 Å². The molecular formula is C4H7B3F12KO-3. The van der Waals surface area contributed by atoms with Crippen LogP contribution in [0.3, 0.4) is 0 Å². The van der Waals surface area contributed by atoms with Crippen LogP contribution in [-0.4, -0.2) is 83.9 Å². The van der Waals surface area contributed by atoms with Crippen molar-refractivity contribution >= 4 is 70.7 Å². The van der Waals surface area contributed by atoms with E-state index < -0.39 is 21.8 Å². The molecule has 1 aliphatic heterocycles. The molecule has 0 aromatic carbocycles. The van der Waals surface area contributed by atoms with E-state index in [1.165, 1.54) is 6.42 Å². The molecule has 21 heavy (non-hydrogen) atoms. The molecule has 1 heterocycles. The van der Waals surface area contributed by atoms with E-state index in [0.717, 1.165) is 62.2 Å². The fourth-order valence-electron chi connectivity index (χ4n) is 0.652. The summed E-state index contributed by atoms with van der Waals surface area (Å²) in [6, 6.07) is 0. The Morgan fingerprint density at radius 3 is 0.952 bits per heavy atom. The average molecular weight is 371 g/mol. The molecule has 0 radical (unpaired) electrons. The van der Waals surface area contributed by atoms with E-state index >= 15 is 0 Å². The van der Waals surface area contributed by atoms with Crippen LogP contribution in [0.25, 0.3) is 0 Å². The van der Waals surface area contributed by atoms with Gasteiger partial charge in [-0.15, -0.1) is 0 Å². The van der Waals surface area contributed by atoms with Gasteiger partial charge in [0.15, 0.2) is 0 Å². The molecule has 17 heteroatoms. The van der Waals surface area contributed by atoms with Crippen LogP contribution < -0.4 is 0 Å². The van der Waals surface area contributed by atoms with E-state index in [4.69, 9.17) is 4.74 Å². The second kappa shape index (κ2) is 12.4. The van der Waals surface area contributed by atoms with Crippen LogP contribution in [0.1, 0.15) is 6.42 Å². The number of hydrogen-bond acceptors (Lipinski definition) is 1. The Balaban J connectivity index is -0.000000207. The van der Waals surface area contributed by atoms with Crippen LogP contribution in [0.2, 0.25) is 0.0125 Å². The van der Waals surface area contributed by atoms with Gasteiger partial charge in [-0.2, -0.15) is 0 Å². The molecule has 0 bridgehead atoms. The van der Waals surface area contributed by atoms with Gasteiger partial charge < -0.3 is 51.8 Å². The summed E-state index contributed by atoms with van der Waals surface area (Å²) >= 11 is 1.02. The molecule has 0 aromatic heterocycles. The van der Waals surface area contributed by atoms with Gasteiger partial charge in [0, 0.05) is 0 Å². The summed E-state index contributed by atoms with van der Waals surface area (Å²) in [6.07, 6.45) is 1.35. The molecule has 0 spiro atoms. The number of rotatable bonds is 0. The van der Waals surface area contributed by atoms with Crippen LogP contribution in [0.15, 0.2) is 0 Å². The van der Waals surface area contributed by atoms with E-state index in [-0.39, 0.29) is 0 Å². The first-order valence-corrected chi connectivity index (χ1v) is 6.89. The Bertz CT molecular complexity index is 188. The van der Waals surface area contributed by atoms with Gasteiger partial charge in [0.25, 0.3) is 0 Å². The van der Waals surface area contributed by atoms with Crippen molar-refractivity contribution in [2.24, 2.45) is 0 Å². The SMILES string of the molecule is F[B-](F)(F)F.F[B-](F)(F)F.F[B-](F)(F)F.[K][CH]1CCOC1. The maximum atomic E-state index is 9.75. The van der Waals surface area contributed by atoms with Crippen molar-refractivity contribution in [1.82, 2.24) is 0 Å². The molecule has 1 nitrogen and oxygen atoms in total. The zero-order valence-electron chi connectivity index (χ0n) is 10.4. The molecule has 1 atom stereocenters. The Kier molecular flexibility index (Phi) is 15.8. The predicted octanol–water partition coefficient (Wildman–Crippen LogP) is 4.26. The summed E-state index contributed by atoms with van der Waals surface area (Å²) in [5, 5.41) is 0. The number of hydrogen-bond donors (Lipinski definition) is 0. The first-order valence-electron chi connectivity index (χ1n) is 5.09. The normalized spacial score (nSPS) is 18.5. The van der Waals surface area contributed by atoms with Crippen LogP contribution in [0.4, 0.5) is 51.8 Å². The van der Waals surface area contributed by atoms with Crippen molar-refractivity contribution in [2.45, 2.75) is 6.43 Å². The molecule has 1 rings (SSSR count). The fraction of sp³-hybridized carbons (Fsp3) is 1.00. The third kappa shape index (κ3) is 119. The van der Waals surface area contributed by atoms with Crippen LogP contribution in [0, 0.1) is 0 Å². The fourth-order valence-corrected chi connectivity index (χ4v) is 1.39. The number of halogens is 12. The summed E-state index contributed by atoms with van der Waals surface area (Å²) < 4.78 is 123. The number of ether oxygens (including phenoxy) is 1. The first kappa shape index (κ1) is 26.8. The average Bonchev–Trinajstić information content (AvgIpc) is 2.44. The molecule has 0 amide bonds. The summed E-state index contributed by atoms with van der Waals surface area (Å²) in [5.74, 6) is 0. The maximum absolute atomic E-state index is 9.75. The minimum atomic E-state index is -6.00. The molecule has 0 saturated carbocycles. The monoisotopic (exact) mass is 371 g/mol. The molecule has 0 aromatic rings. The van der Waals surface area contributed by atoms with E-state index in [0.29, 0.717) is 0 Å². The standard InChI is InChI=1S/C4H7O.3BF4.K/c1-2-4-5-3-1;3*2-1(3,4)5;/h1H,2-4H2;;;;/q;3*-1;. The second-order valence-electron chi connectivity index (χ2n) is 3.45. The van der Waals surface area contributed by atoms with Gasteiger partial charge in [-0.1, -0.05) is 0 Å². The van der Waals surface area contributed by atoms with Crippen LogP contribution in [-0.2, 0) is 4.74 Å². The van der Waals surface area contributed by atoms with Crippen LogP contribution >= 0.6 is 0 Å². The van der Waals surface area contributed by atoms with Gasteiger partial charge >= 0.3 is 95.1 Å². The molecule has 0 aliphatic carbocycles. The quantitative estimate of drug-likeness (QED) is 0.457. The van der Waals surface area contributed by atoms with E-state index in [9.17, 15) is 51.8 Å². The summed E-state index contributed by atoms with van der Waals surface area (Å²) in [4.78, 5) is 0. The summed E-state index contributed by atoms with van der Waals surface area (Å²) in [6.45, 7) is 2.10. The van der Waals surface area contributed by atoms with E-state index in [1.54, 1.807) is 0 Å². The van der Waals surface area contributed by atoms with Crippen molar-refractivity contribution in [3.8, 4) is 0 Å². The molecule has 126 valence electrons. The zero-order chi connectivity index (χ0) is 17.9. The second-order valence-corrected chi connectivity index (χ2v) is 6.00. The van der Waals surface area contributed by atoms with E-state index in [2.05, 4.69) is 0 Å². The van der Waals surface area contributed by atoms with Crippen molar-refractivity contribution in [3.63, 3.8) is 0 Å². The molecule has 1 unspecified atom stereocenters. The predicted molar refractivity (Wildman–Crippen MR) is 55.5 cm³/mol. The molecule has 1 aliphatic rings. The Hall–Kier alpha value is 0.951. The van der Waals surface area contributed by atoms with Crippen molar-refractivity contribution in [2.75, 3.05) is 13.2 Å². The van der Waals surface area contributed by atoms with Gasteiger partial charge in [0.05, 0.1) is 0 Å². The minimum absolute atomic E-state index is 1.01. The Morgan fingerprint density at radius 2 is 0.905 bits per heavy atom. The molecule has 1 saturated heterocycles. The first-order chi connectivity index (χ1) is 8.89. The van der Waals surface area contributed by atoms with Crippen molar-refractivity contribution < 1.29 is 56.5 Å². The van der Waals surface area contributed by atoms with Crippen molar-refractivity contribution in [1.29, 1.82) is 0 Å². The third-order valence-corrected chi connectivity index (χ3v) is 2.58. The molecular weight excluding hydrogens is 364 g/mol. The van der Waals surface area contributed by atoms with Crippen LogP contribution in [0.5, 0.6) is 0 Å². The Labute approximate surface area is 146 Å². The molecule has 1 fully saturated rings. The van der Waals surface area contributed by atoms with Gasteiger partial charge in [0.1, 0.15) is 0 Å².